The largest absolute Gasteiger partial charge is 0.478 e. The molecule has 2 rings (SSSR count). The van der Waals surface area contributed by atoms with Crippen molar-refractivity contribution >= 4 is 17.6 Å². The number of aromatic carboxylic acids is 1. The quantitative estimate of drug-likeness (QED) is 0.876. The van der Waals surface area contributed by atoms with Gasteiger partial charge in [-0.1, -0.05) is 12.1 Å². The molecule has 5 nitrogen and oxygen atoms in total. The van der Waals surface area contributed by atoms with E-state index in [4.69, 9.17) is 9.84 Å². The number of rotatable bonds is 3. The minimum atomic E-state index is -1.06. The molecule has 1 fully saturated rings. The summed E-state index contributed by atoms with van der Waals surface area (Å²) in [6.07, 6.45) is 1.10. The Morgan fingerprint density at radius 1 is 1.37 bits per heavy atom. The van der Waals surface area contributed by atoms with Gasteiger partial charge in [-0.15, -0.1) is 0 Å². The SMILES string of the molecule is Cc1cccc(C(=O)O)c1NC(=O)C1CCC(C)O1. The van der Waals surface area contributed by atoms with Gasteiger partial charge in [0.2, 0.25) is 0 Å². The maximum absolute atomic E-state index is 12.1. The van der Waals surface area contributed by atoms with Gasteiger partial charge in [0, 0.05) is 0 Å². The first-order valence-corrected chi connectivity index (χ1v) is 6.28. The van der Waals surface area contributed by atoms with Gasteiger partial charge in [-0.3, -0.25) is 4.79 Å². The molecule has 0 bridgehead atoms. The van der Waals surface area contributed by atoms with Crippen LogP contribution in [0.25, 0.3) is 0 Å². The van der Waals surface area contributed by atoms with Crippen molar-refractivity contribution in [2.75, 3.05) is 5.32 Å². The fraction of sp³-hybridized carbons (Fsp3) is 0.429. The summed E-state index contributed by atoms with van der Waals surface area (Å²) in [5, 5.41) is 11.8. The molecule has 0 radical (unpaired) electrons. The van der Waals surface area contributed by atoms with E-state index in [9.17, 15) is 9.59 Å². The van der Waals surface area contributed by atoms with Crippen LogP contribution >= 0.6 is 0 Å². The van der Waals surface area contributed by atoms with Gasteiger partial charge in [-0.2, -0.15) is 0 Å². The maximum Gasteiger partial charge on any atom is 0.337 e. The Balaban J connectivity index is 2.19. The molecule has 2 atom stereocenters. The summed E-state index contributed by atoms with van der Waals surface area (Å²) in [7, 11) is 0. The molecule has 5 heteroatoms. The molecule has 0 spiro atoms. The summed E-state index contributed by atoms with van der Waals surface area (Å²) < 4.78 is 5.48. The predicted molar refractivity (Wildman–Crippen MR) is 70.3 cm³/mol. The highest BCUT2D eigenvalue weighted by Crippen LogP contribution is 2.24. The molecule has 1 aromatic rings. The lowest BCUT2D eigenvalue weighted by atomic mass is 10.1. The molecule has 0 saturated carbocycles. The highest BCUT2D eigenvalue weighted by atomic mass is 16.5. The zero-order valence-electron chi connectivity index (χ0n) is 11.0. The number of aryl methyl sites for hydroxylation is 1. The average molecular weight is 263 g/mol. The Bertz CT molecular complexity index is 512. The van der Waals surface area contributed by atoms with Gasteiger partial charge in [0.05, 0.1) is 17.4 Å². The van der Waals surface area contributed by atoms with Crippen molar-refractivity contribution in [2.45, 2.75) is 38.9 Å². The van der Waals surface area contributed by atoms with Crippen molar-refractivity contribution in [1.29, 1.82) is 0 Å². The maximum atomic E-state index is 12.1. The van der Waals surface area contributed by atoms with E-state index >= 15 is 0 Å². The molecular formula is C14H17NO4. The van der Waals surface area contributed by atoms with Crippen LogP contribution in [0.15, 0.2) is 18.2 Å². The number of ether oxygens (including phenoxy) is 1. The number of carbonyl (C=O) groups is 2. The lowest BCUT2D eigenvalue weighted by Gasteiger charge is -2.15. The molecule has 2 N–H and O–H groups in total. The third-order valence-corrected chi connectivity index (χ3v) is 3.28. The Labute approximate surface area is 111 Å². The van der Waals surface area contributed by atoms with Crippen molar-refractivity contribution in [3.8, 4) is 0 Å². The molecule has 1 aliphatic rings. The van der Waals surface area contributed by atoms with Gasteiger partial charge >= 0.3 is 5.97 Å². The van der Waals surface area contributed by atoms with Gasteiger partial charge in [-0.05, 0) is 38.3 Å². The van der Waals surface area contributed by atoms with Gasteiger partial charge in [0.25, 0.3) is 5.91 Å². The third-order valence-electron chi connectivity index (χ3n) is 3.28. The van der Waals surface area contributed by atoms with Crippen LogP contribution in [0, 0.1) is 6.92 Å². The molecule has 102 valence electrons. The van der Waals surface area contributed by atoms with Gasteiger partial charge in [0.15, 0.2) is 0 Å². The number of nitrogens with one attached hydrogen (secondary N) is 1. The Hall–Kier alpha value is -1.88. The van der Waals surface area contributed by atoms with E-state index in [-0.39, 0.29) is 17.6 Å². The minimum absolute atomic E-state index is 0.0755. The Morgan fingerprint density at radius 2 is 2.11 bits per heavy atom. The van der Waals surface area contributed by atoms with E-state index in [1.165, 1.54) is 6.07 Å². The highest BCUT2D eigenvalue weighted by Gasteiger charge is 2.29. The molecule has 1 aromatic carbocycles. The zero-order chi connectivity index (χ0) is 14.0. The summed E-state index contributed by atoms with van der Waals surface area (Å²) in [5.74, 6) is -1.33. The summed E-state index contributed by atoms with van der Waals surface area (Å²) in [6, 6.07) is 4.89. The van der Waals surface area contributed by atoms with E-state index in [0.717, 1.165) is 12.0 Å². The summed E-state index contributed by atoms with van der Waals surface area (Å²) in [4.78, 5) is 23.2. The summed E-state index contributed by atoms with van der Waals surface area (Å²) >= 11 is 0. The van der Waals surface area contributed by atoms with Crippen molar-refractivity contribution in [3.63, 3.8) is 0 Å². The Kier molecular flexibility index (Phi) is 3.85. The minimum Gasteiger partial charge on any atom is -0.478 e. The summed E-state index contributed by atoms with van der Waals surface area (Å²) in [6.45, 7) is 3.68. The van der Waals surface area contributed by atoms with E-state index in [1.54, 1.807) is 19.1 Å². The lowest BCUT2D eigenvalue weighted by Crippen LogP contribution is -2.28. The van der Waals surface area contributed by atoms with Crippen molar-refractivity contribution < 1.29 is 19.4 Å². The first-order valence-electron chi connectivity index (χ1n) is 6.28. The second-order valence-electron chi connectivity index (χ2n) is 4.80. The van der Waals surface area contributed by atoms with E-state index in [2.05, 4.69) is 5.32 Å². The second-order valence-corrected chi connectivity index (χ2v) is 4.80. The number of anilines is 1. The topological polar surface area (TPSA) is 75.6 Å². The van der Waals surface area contributed by atoms with Crippen molar-refractivity contribution in [1.82, 2.24) is 0 Å². The van der Waals surface area contributed by atoms with Crippen LogP contribution in [0.1, 0.15) is 35.7 Å². The van der Waals surface area contributed by atoms with Crippen LogP contribution < -0.4 is 5.32 Å². The van der Waals surface area contributed by atoms with Gasteiger partial charge in [-0.25, -0.2) is 4.79 Å². The highest BCUT2D eigenvalue weighted by molar-refractivity contribution is 6.02. The fourth-order valence-electron chi connectivity index (χ4n) is 2.21. The number of para-hydroxylation sites is 1. The second kappa shape index (κ2) is 5.40. The molecule has 19 heavy (non-hydrogen) atoms. The van der Waals surface area contributed by atoms with E-state index < -0.39 is 12.1 Å². The van der Waals surface area contributed by atoms with Crippen LogP contribution in [0.4, 0.5) is 5.69 Å². The third kappa shape index (κ3) is 2.93. The van der Waals surface area contributed by atoms with Crippen LogP contribution in [0.5, 0.6) is 0 Å². The number of benzene rings is 1. The monoisotopic (exact) mass is 263 g/mol. The molecule has 0 aliphatic carbocycles. The normalized spacial score (nSPS) is 22.2. The Morgan fingerprint density at radius 3 is 2.68 bits per heavy atom. The summed E-state index contributed by atoms with van der Waals surface area (Å²) in [5.41, 5.74) is 1.17. The fourth-order valence-corrected chi connectivity index (χ4v) is 2.21. The number of carboxylic acid groups (broad SMARTS) is 1. The predicted octanol–water partition coefficient (Wildman–Crippen LogP) is 2.20. The standard InChI is InChI=1S/C14H17NO4/c1-8-4-3-5-10(14(17)18)12(8)15-13(16)11-7-6-9(2)19-11/h3-5,9,11H,6-7H2,1-2H3,(H,15,16)(H,17,18). The average Bonchev–Trinajstić information content (AvgIpc) is 2.78. The first-order chi connectivity index (χ1) is 8.99. The van der Waals surface area contributed by atoms with Crippen LogP contribution in [-0.2, 0) is 9.53 Å². The van der Waals surface area contributed by atoms with Crippen LogP contribution in [0.3, 0.4) is 0 Å². The number of carbonyl (C=O) groups excluding carboxylic acids is 1. The first kappa shape index (κ1) is 13.5. The van der Waals surface area contributed by atoms with Crippen LogP contribution in [-0.4, -0.2) is 29.2 Å². The molecular weight excluding hydrogens is 246 g/mol. The lowest BCUT2D eigenvalue weighted by molar-refractivity contribution is -0.126. The zero-order valence-corrected chi connectivity index (χ0v) is 11.0. The number of hydrogen-bond acceptors (Lipinski definition) is 3. The number of amides is 1. The smallest absolute Gasteiger partial charge is 0.337 e. The van der Waals surface area contributed by atoms with Gasteiger partial charge in [0.1, 0.15) is 6.10 Å². The molecule has 1 amide bonds. The van der Waals surface area contributed by atoms with Crippen molar-refractivity contribution in [2.24, 2.45) is 0 Å². The molecule has 1 saturated heterocycles. The van der Waals surface area contributed by atoms with E-state index in [0.29, 0.717) is 12.1 Å². The van der Waals surface area contributed by atoms with Gasteiger partial charge < -0.3 is 15.2 Å². The number of hydrogen-bond donors (Lipinski definition) is 2. The molecule has 2 unspecified atom stereocenters. The molecule has 0 aromatic heterocycles. The van der Waals surface area contributed by atoms with E-state index in [1.807, 2.05) is 6.92 Å². The van der Waals surface area contributed by atoms with Crippen LogP contribution in [0.2, 0.25) is 0 Å². The molecule has 1 aliphatic heterocycles. The van der Waals surface area contributed by atoms with Crippen molar-refractivity contribution in [3.05, 3.63) is 29.3 Å². The number of carboxylic acids is 1. The molecule has 1 heterocycles.